The first-order valence-corrected chi connectivity index (χ1v) is 3.33. The molecule has 0 aliphatic carbocycles. The number of rotatable bonds is 3. The molecule has 0 heterocycles. The number of ketones is 1. The minimum absolute atomic E-state index is 0.829. The van der Waals surface area contributed by atoms with Gasteiger partial charge in [-0.05, 0) is 20.8 Å². The fourth-order valence-corrected chi connectivity index (χ4v) is 0.693. The highest BCUT2D eigenvalue weighted by Gasteiger charge is 2.45. The highest BCUT2D eigenvalue weighted by Crippen LogP contribution is 2.15. The molecule has 0 rings (SSSR count). The minimum atomic E-state index is -2.53. The van der Waals surface area contributed by atoms with E-state index in [9.17, 15) is 9.59 Å². The van der Waals surface area contributed by atoms with Crippen LogP contribution in [0.3, 0.4) is 0 Å². The molecule has 0 bridgehead atoms. The summed E-state index contributed by atoms with van der Waals surface area (Å²) in [6.07, 6.45) is 0. The van der Waals surface area contributed by atoms with Crippen LogP contribution in [-0.4, -0.2) is 38.3 Å². The number of carbonyl (C=O) groups is 2. The number of carbonyl (C=O) groups excluding carboxylic acids is 1. The van der Waals surface area contributed by atoms with E-state index in [1.165, 1.54) is 0 Å². The van der Waals surface area contributed by atoms with Gasteiger partial charge in [0.1, 0.15) is 5.60 Å². The Labute approximate surface area is 69.6 Å². The van der Waals surface area contributed by atoms with Gasteiger partial charge in [-0.3, -0.25) is 4.79 Å². The lowest BCUT2D eigenvalue weighted by atomic mass is 9.89. The van der Waals surface area contributed by atoms with Crippen molar-refractivity contribution in [3.05, 3.63) is 0 Å². The zero-order chi connectivity index (χ0) is 10.2. The molecule has 5 heteroatoms. The van der Waals surface area contributed by atoms with E-state index in [-0.39, 0.29) is 0 Å². The van der Waals surface area contributed by atoms with Crippen molar-refractivity contribution < 1.29 is 24.9 Å². The summed E-state index contributed by atoms with van der Waals surface area (Å²) in [6.45, 7) is 3.06. The Bertz CT molecular complexity index is 210. The van der Waals surface area contributed by atoms with Gasteiger partial charge in [-0.15, -0.1) is 0 Å². The lowest BCUT2D eigenvalue weighted by molar-refractivity contribution is -0.170. The van der Waals surface area contributed by atoms with E-state index < -0.39 is 23.0 Å². The summed E-state index contributed by atoms with van der Waals surface area (Å²) >= 11 is 0. The van der Waals surface area contributed by atoms with Crippen molar-refractivity contribution >= 4 is 11.8 Å². The Morgan fingerprint density at radius 3 is 1.50 bits per heavy atom. The van der Waals surface area contributed by atoms with Gasteiger partial charge in [0.15, 0.2) is 0 Å². The highest BCUT2D eigenvalue weighted by atomic mass is 16.4. The molecule has 5 nitrogen and oxygen atoms in total. The predicted molar refractivity (Wildman–Crippen MR) is 39.6 cm³/mol. The molecule has 12 heavy (non-hydrogen) atoms. The van der Waals surface area contributed by atoms with Crippen molar-refractivity contribution in [2.45, 2.75) is 32.0 Å². The third kappa shape index (κ3) is 2.02. The lowest BCUT2D eigenvalue weighted by Gasteiger charge is -2.24. The predicted octanol–water partition coefficient (Wildman–Crippen LogP) is -0.838. The van der Waals surface area contributed by atoms with E-state index in [0.717, 1.165) is 20.8 Å². The van der Waals surface area contributed by atoms with E-state index in [4.69, 9.17) is 15.3 Å². The molecule has 70 valence electrons. The number of hydrogen-bond donors (Lipinski definition) is 3. The normalized spacial score (nSPS) is 16.8. The molecule has 0 aromatic carbocycles. The van der Waals surface area contributed by atoms with Crippen LogP contribution in [0.5, 0.6) is 0 Å². The summed E-state index contributed by atoms with van der Waals surface area (Å²) in [5.41, 5.74) is -4.37. The molecule has 0 spiro atoms. The van der Waals surface area contributed by atoms with Crippen molar-refractivity contribution in [1.29, 1.82) is 0 Å². The fraction of sp³-hybridized carbons (Fsp3) is 0.714. The van der Waals surface area contributed by atoms with Crippen LogP contribution in [0.25, 0.3) is 0 Å². The van der Waals surface area contributed by atoms with Crippen molar-refractivity contribution in [3.8, 4) is 0 Å². The zero-order valence-corrected chi connectivity index (χ0v) is 7.16. The highest BCUT2D eigenvalue weighted by molar-refractivity contribution is 6.09. The first kappa shape index (κ1) is 11.1. The molecule has 0 saturated carbocycles. The van der Waals surface area contributed by atoms with Crippen LogP contribution in [-0.2, 0) is 9.59 Å². The van der Waals surface area contributed by atoms with Gasteiger partial charge in [0.05, 0.1) is 0 Å². The van der Waals surface area contributed by atoms with Crippen LogP contribution in [0.2, 0.25) is 0 Å². The van der Waals surface area contributed by atoms with Crippen LogP contribution in [0, 0.1) is 0 Å². The SMILES string of the molecule is CC(C)(O)C(=O)C(C)(O)C(=O)O. The average Bonchev–Trinajstić information content (AvgIpc) is 1.83. The largest absolute Gasteiger partial charge is 0.479 e. The fourth-order valence-electron chi connectivity index (χ4n) is 0.693. The second kappa shape index (κ2) is 2.84. The molecule has 3 N–H and O–H groups in total. The minimum Gasteiger partial charge on any atom is -0.479 e. The number of hydrogen-bond acceptors (Lipinski definition) is 4. The molecular weight excluding hydrogens is 164 g/mol. The molecule has 0 aliphatic rings. The van der Waals surface area contributed by atoms with Gasteiger partial charge in [0, 0.05) is 0 Å². The zero-order valence-electron chi connectivity index (χ0n) is 7.16. The second-order valence-electron chi connectivity index (χ2n) is 3.27. The van der Waals surface area contributed by atoms with Gasteiger partial charge < -0.3 is 15.3 Å². The monoisotopic (exact) mass is 176 g/mol. The van der Waals surface area contributed by atoms with Crippen molar-refractivity contribution in [2.24, 2.45) is 0 Å². The summed E-state index contributed by atoms with van der Waals surface area (Å²) in [5, 5.41) is 26.6. The quantitative estimate of drug-likeness (QED) is 0.487. The maximum atomic E-state index is 11.0. The van der Waals surface area contributed by atoms with E-state index in [1.807, 2.05) is 0 Å². The number of aliphatic hydroxyl groups is 2. The summed E-state index contributed by atoms with van der Waals surface area (Å²) < 4.78 is 0. The Balaban J connectivity index is 4.83. The molecule has 0 aromatic heterocycles. The number of Topliss-reactive ketones (excluding diaryl/α,β-unsaturated/α-hetero) is 1. The maximum Gasteiger partial charge on any atom is 0.343 e. The molecule has 0 aliphatic heterocycles. The molecule has 0 amide bonds. The van der Waals surface area contributed by atoms with Crippen molar-refractivity contribution in [1.82, 2.24) is 0 Å². The molecule has 0 saturated heterocycles. The Morgan fingerprint density at radius 1 is 1.08 bits per heavy atom. The Hall–Kier alpha value is -0.940. The van der Waals surface area contributed by atoms with Crippen LogP contribution >= 0.6 is 0 Å². The van der Waals surface area contributed by atoms with E-state index in [2.05, 4.69) is 0 Å². The van der Waals surface area contributed by atoms with Gasteiger partial charge in [-0.1, -0.05) is 0 Å². The standard InChI is InChI=1S/C7H12O5/c1-6(2,11)4(8)7(3,12)5(9)10/h11-12H,1-3H3,(H,9,10). The van der Waals surface area contributed by atoms with Crippen molar-refractivity contribution in [2.75, 3.05) is 0 Å². The number of aliphatic carboxylic acids is 1. The molecule has 0 aromatic rings. The summed E-state index contributed by atoms with van der Waals surface area (Å²) in [6, 6.07) is 0. The van der Waals surface area contributed by atoms with Gasteiger partial charge in [-0.25, -0.2) is 4.79 Å². The Kier molecular flexibility index (Phi) is 2.61. The van der Waals surface area contributed by atoms with Gasteiger partial charge in [-0.2, -0.15) is 0 Å². The maximum absolute atomic E-state index is 11.0. The van der Waals surface area contributed by atoms with Crippen molar-refractivity contribution in [3.63, 3.8) is 0 Å². The molecule has 0 radical (unpaired) electrons. The molecule has 0 fully saturated rings. The van der Waals surface area contributed by atoms with Gasteiger partial charge >= 0.3 is 5.97 Å². The number of carboxylic acids is 1. The topological polar surface area (TPSA) is 94.8 Å². The summed E-state index contributed by atoms with van der Waals surface area (Å²) in [7, 11) is 0. The second-order valence-corrected chi connectivity index (χ2v) is 3.27. The van der Waals surface area contributed by atoms with Crippen LogP contribution in [0.15, 0.2) is 0 Å². The van der Waals surface area contributed by atoms with Crippen LogP contribution in [0.1, 0.15) is 20.8 Å². The van der Waals surface area contributed by atoms with Gasteiger partial charge in [0.2, 0.25) is 11.4 Å². The summed E-state index contributed by atoms with van der Waals surface area (Å²) in [5.74, 6) is -2.81. The third-order valence-corrected chi connectivity index (χ3v) is 1.41. The van der Waals surface area contributed by atoms with Crippen LogP contribution < -0.4 is 0 Å². The van der Waals surface area contributed by atoms with E-state index in [0.29, 0.717) is 0 Å². The van der Waals surface area contributed by atoms with Crippen LogP contribution in [0.4, 0.5) is 0 Å². The smallest absolute Gasteiger partial charge is 0.343 e. The molecule has 1 unspecified atom stereocenters. The average molecular weight is 176 g/mol. The Morgan fingerprint density at radius 2 is 1.42 bits per heavy atom. The van der Waals surface area contributed by atoms with E-state index in [1.54, 1.807) is 0 Å². The van der Waals surface area contributed by atoms with E-state index >= 15 is 0 Å². The van der Waals surface area contributed by atoms with Gasteiger partial charge in [0.25, 0.3) is 0 Å². The lowest BCUT2D eigenvalue weighted by Crippen LogP contribution is -2.52. The first-order valence-electron chi connectivity index (χ1n) is 3.33. The summed E-state index contributed by atoms with van der Waals surface area (Å²) in [4.78, 5) is 21.4. The molecular formula is C7H12O5. The molecule has 1 atom stereocenters. The number of carboxylic acid groups (broad SMARTS) is 1. The third-order valence-electron chi connectivity index (χ3n) is 1.41. The first-order chi connectivity index (χ1) is 5.10.